The van der Waals surface area contributed by atoms with E-state index in [0.29, 0.717) is 19.2 Å². The maximum atomic E-state index is 13.1. The first kappa shape index (κ1) is 16.1. The lowest BCUT2D eigenvalue weighted by molar-refractivity contribution is 0.264. The molecule has 1 saturated heterocycles. The Morgan fingerprint density at radius 2 is 1.95 bits per heavy atom. The fraction of sp³-hybridized carbons (Fsp3) is 0.538. The second-order valence-electron chi connectivity index (χ2n) is 5.19. The van der Waals surface area contributed by atoms with Crippen LogP contribution in [0.15, 0.2) is 18.2 Å². The highest BCUT2D eigenvalue weighted by molar-refractivity contribution is 7.90. The van der Waals surface area contributed by atoms with Gasteiger partial charge in [0.1, 0.15) is 11.6 Å². The topological polar surface area (TPSA) is 61.4 Å². The summed E-state index contributed by atoms with van der Waals surface area (Å²) in [6.07, 6.45) is 1.73. The molecule has 118 valence electrons. The third-order valence-electron chi connectivity index (χ3n) is 3.42. The van der Waals surface area contributed by atoms with E-state index < -0.39 is 21.8 Å². The molecule has 1 unspecified atom stereocenters. The molecular formula is C13H19F2N3O2S. The van der Waals surface area contributed by atoms with Crippen LogP contribution >= 0.6 is 0 Å². The maximum Gasteiger partial charge on any atom is 0.301 e. The van der Waals surface area contributed by atoms with Crippen molar-refractivity contribution in [3.8, 4) is 0 Å². The van der Waals surface area contributed by atoms with Crippen molar-refractivity contribution >= 4 is 15.9 Å². The Labute approximate surface area is 123 Å². The molecule has 8 heteroatoms. The Kier molecular flexibility index (Phi) is 5.13. The van der Waals surface area contributed by atoms with Crippen molar-refractivity contribution in [3.63, 3.8) is 0 Å². The summed E-state index contributed by atoms with van der Waals surface area (Å²) in [6.45, 7) is 1.54. The highest BCUT2D eigenvalue weighted by atomic mass is 32.2. The molecule has 21 heavy (non-hydrogen) atoms. The SMILES string of the molecule is CNCC1CCCN(S(=O)(=O)Nc2cc(F)cc(F)c2)C1. The van der Waals surface area contributed by atoms with Crippen LogP contribution in [0.2, 0.25) is 0 Å². The van der Waals surface area contributed by atoms with Crippen molar-refractivity contribution in [1.82, 2.24) is 9.62 Å². The minimum absolute atomic E-state index is 0.108. The van der Waals surface area contributed by atoms with Crippen molar-refractivity contribution in [1.29, 1.82) is 0 Å². The molecule has 0 radical (unpaired) electrons. The smallest absolute Gasteiger partial charge is 0.301 e. The fourth-order valence-corrected chi connectivity index (χ4v) is 3.85. The number of hydrogen-bond donors (Lipinski definition) is 2. The number of piperidine rings is 1. The first-order valence-corrected chi connectivity index (χ1v) is 8.23. The molecule has 1 atom stereocenters. The number of hydrogen-bond acceptors (Lipinski definition) is 3. The van der Waals surface area contributed by atoms with Gasteiger partial charge in [-0.15, -0.1) is 0 Å². The Bertz CT molecular complexity index is 573. The highest BCUT2D eigenvalue weighted by Gasteiger charge is 2.28. The number of rotatable bonds is 5. The molecule has 0 bridgehead atoms. The first-order chi connectivity index (χ1) is 9.90. The Hall–Kier alpha value is -1.25. The monoisotopic (exact) mass is 319 g/mol. The third-order valence-corrected chi connectivity index (χ3v) is 4.93. The molecule has 0 amide bonds. The second kappa shape index (κ2) is 6.67. The third kappa shape index (κ3) is 4.36. The number of nitrogens with one attached hydrogen (secondary N) is 2. The predicted molar refractivity (Wildman–Crippen MR) is 77.1 cm³/mol. The lowest BCUT2D eigenvalue weighted by atomic mass is 10.00. The minimum atomic E-state index is -3.80. The van der Waals surface area contributed by atoms with E-state index in [2.05, 4.69) is 10.0 Å². The molecule has 0 aromatic heterocycles. The lowest BCUT2D eigenvalue weighted by Gasteiger charge is -2.31. The van der Waals surface area contributed by atoms with Crippen molar-refractivity contribution in [2.45, 2.75) is 12.8 Å². The first-order valence-electron chi connectivity index (χ1n) is 6.79. The van der Waals surface area contributed by atoms with Gasteiger partial charge in [-0.05, 0) is 44.5 Å². The summed E-state index contributed by atoms with van der Waals surface area (Å²) < 4.78 is 54.3. The van der Waals surface area contributed by atoms with E-state index in [-0.39, 0.29) is 11.6 Å². The standard InChI is InChI=1S/C13H19F2N3O2S/c1-16-8-10-3-2-4-18(9-10)21(19,20)17-13-6-11(14)5-12(15)7-13/h5-7,10,16-17H,2-4,8-9H2,1H3. The van der Waals surface area contributed by atoms with E-state index in [1.807, 2.05) is 7.05 Å². The van der Waals surface area contributed by atoms with Gasteiger partial charge in [-0.3, -0.25) is 4.72 Å². The van der Waals surface area contributed by atoms with Crippen LogP contribution in [0.25, 0.3) is 0 Å². The summed E-state index contributed by atoms with van der Waals surface area (Å²) in [5, 5.41) is 3.03. The van der Waals surface area contributed by atoms with E-state index >= 15 is 0 Å². The molecule has 1 aliphatic rings. The summed E-state index contributed by atoms with van der Waals surface area (Å²) in [5.41, 5.74) is -0.108. The van der Waals surface area contributed by atoms with Gasteiger partial charge in [0.05, 0.1) is 5.69 Å². The van der Waals surface area contributed by atoms with E-state index in [4.69, 9.17) is 0 Å². The molecule has 0 aliphatic carbocycles. The van der Waals surface area contributed by atoms with Crippen LogP contribution in [0.4, 0.5) is 14.5 Å². The minimum Gasteiger partial charge on any atom is -0.319 e. The van der Waals surface area contributed by atoms with Gasteiger partial charge in [0.2, 0.25) is 0 Å². The van der Waals surface area contributed by atoms with Crippen LogP contribution in [0, 0.1) is 17.6 Å². The van der Waals surface area contributed by atoms with Gasteiger partial charge in [-0.1, -0.05) is 0 Å². The molecule has 1 aliphatic heterocycles. The van der Waals surface area contributed by atoms with Crippen LogP contribution in [0.3, 0.4) is 0 Å². The summed E-state index contributed by atoms with van der Waals surface area (Å²) in [4.78, 5) is 0. The van der Waals surface area contributed by atoms with Gasteiger partial charge in [0.25, 0.3) is 0 Å². The summed E-state index contributed by atoms with van der Waals surface area (Å²) in [7, 11) is -1.98. The summed E-state index contributed by atoms with van der Waals surface area (Å²) in [6, 6.07) is 2.60. The van der Waals surface area contributed by atoms with Crippen molar-refractivity contribution < 1.29 is 17.2 Å². The zero-order valence-electron chi connectivity index (χ0n) is 11.8. The maximum absolute atomic E-state index is 13.1. The molecule has 5 nitrogen and oxygen atoms in total. The molecule has 0 saturated carbocycles. The zero-order chi connectivity index (χ0) is 15.5. The van der Waals surface area contributed by atoms with Gasteiger partial charge in [0.15, 0.2) is 0 Å². The quantitative estimate of drug-likeness (QED) is 0.866. The van der Waals surface area contributed by atoms with E-state index in [1.165, 1.54) is 4.31 Å². The van der Waals surface area contributed by atoms with Crippen molar-refractivity contribution in [2.75, 3.05) is 31.4 Å². The zero-order valence-corrected chi connectivity index (χ0v) is 12.6. The number of anilines is 1. The van der Waals surface area contributed by atoms with Crippen LogP contribution in [0.1, 0.15) is 12.8 Å². The number of halogens is 2. The molecule has 1 fully saturated rings. The van der Waals surface area contributed by atoms with E-state index in [9.17, 15) is 17.2 Å². The number of nitrogens with zero attached hydrogens (tertiary/aromatic N) is 1. The van der Waals surface area contributed by atoms with Gasteiger partial charge in [0, 0.05) is 19.2 Å². The van der Waals surface area contributed by atoms with Crippen LogP contribution in [0.5, 0.6) is 0 Å². The molecule has 1 aromatic carbocycles. The average molecular weight is 319 g/mol. The average Bonchev–Trinajstić information content (AvgIpc) is 2.37. The van der Waals surface area contributed by atoms with Crippen molar-refractivity contribution in [2.24, 2.45) is 5.92 Å². The molecule has 1 aromatic rings. The lowest BCUT2D eigenvalue weighted by Crippen LogP contribution is -2.44. The van der Waals surface area contributed by atoms with Crippen LogP contribution in [-0.4, -0.2) is 39.4 Å². The van der Waals surface area contributed by atoms with E-state index in [0.717, 1.165) is 31.5 Å². The highest BCUT2D eigenvalue weighted by Crippen LogP contribution is 2.21. The van der Waals surface area contributed by atoms with Gasteiger partial charge in [-0.25, -0.2) is 8.78 Å². The molecule has 2 rings (SSSR count). The summed E-state index contributed by atoms with van der Waals surface area (Å²) >= 11 is 0. The molecule has 1 heterocycles. The normalized spacial score (nSPS) is 20.4. The largest absolute Gasteiger partial charge is 0.319 e. The Morgan fingerprint density at radius 3 is 2.57 bits per heavy atom. The Balaban J connectivity index is 2.10. The fourth-order valence-electron chi connectivity index (χ4n) is 2.53. The molecule has 2 N–H and O–H groups in total. The van der Waals surface area contributed by atoms with Gasteiger partial charge >= 0.3 is 10.2 Å². The number of benzene rings is 1. The van der Waals surface area contributed by atoms with E-state index in [1.54, 1.807) is 0 Å². The van der Waals surface area contributed by atoms with Crippen LogP contribution < -0.4 is 10.0 Å². The molecular weight excluding hydrogens is 300 g/mol. The van der Waals surface area contributed by atoms with Crippen molar-refractivity contribution in [3.05, 3.63) is 29.8 Å². The predicted octanol–water partition coefficient (Wildman–Crippen LogP) is 1.55. The summed E-state index contributed by atoms with van der Waals surface area (Å²) in [5.74, 6) is -1.40. The second-order valence-corrected chi connectivity index (χ2v) is 6.86. The van der Waals surface area contributed by atoms with Gasteiger partial charge in [-0.2, -0.15) is 12.7 Å². The van der Waals surface area contributed by atoms with Gasteiger partial charge < -0.3 is 5.32 Å². The van der Waals surface area contributed by atoms with Crippen LogP contribution in [-0.2, 0) is 10.2 Å². The molecule has 0 spiro atoms. The Morgan fingerprint density at radius 1 is 1.29 bits per heavy atom.